The summed E-state index contributed by atoms with van der Waals surface area (Å²) in [4.78, 5) is 22.4. The van der Waals surface area contributed by atoms with Crippen molar-refractivity contribution in [1.29, 1.82) is 0 Å². The molecular weight excluding hydrogens is 336 g/mol. The van der Waals surface area contributed by atoms with Crippen LogP contribution in [-0.2, 0) is 0 Å². The number of pyridine rings is 1. The summed E-state index contributed by atoms with van der Waals surface area (Å²) >= 11 is 1.35. The van der Waals surface area contributed by atoms with Crippen LogP contribution >= 0.6 is 11.3 Å². The van der Waals surface area contributed by atoms with Crippen LogP contribution in [0, 0.1) is 0 Å². The Kier molecular flexibility index (Phi) is 3.77. The normalized spacial score (nSPS) is 11.3. The van der Waals surface area contributed by atoms with Gasteiger partial charge in [-0.1, -0.05) is 11.3 Å². The maximum Gasteiger partial charge on any atom is 0.180 e. The molecule has 0 saturated carbocycles. The van der Waals surface area contributed by atoms with Gasteiger partial charge >= 0.3 is 0 Å². The third-order valence-corrected chi connectivity index (χ3v) is 4.50. The van der Waals surface area contributed by atoms with E-state index in [4.69, 9.17) is 5.73 Å². The molecule has 3 N–H and O–H groups in total. The highest BCUT2D eigenvalue weighted by Gasteiger charge is 2.10. The highest BCUT2D eigenvalue weighted by Crippen LogP contribution is 2.26. The number of rotatable bonds is 4. The largest absolute Gasteiger partial charge is 0.375 e. The molecule has 0 aromatic carbocycles. The monoisotopic (exact) mass is 352 g/mol. The number of nitrogen functional groups attached to an aromatic ring is 1. The molecular formula is C16H16N8S. The van der Waals surface area contributed by atoms with E-state index in [2.05, 4.69) is 48.7 Å². The predicted octanol–water partition coefficient (Wildman–Crippen LogP) is 3.25. The quantitative estimate of drug-likeness (QED) is 0.580. The Balaban J connectivity index is 1.66. The number of thiazole rings is 1. The summed E-state index contributed by atoms with van der Waals surface area (Å²) in [5.74, 6) is 1.93. The Morgan fingerprint density at radius 1 is 1.12 bits per heavy atom. The van der Waals surface area contributed by atoms with Gasteiger partial charge in [-0.15, -0.1) is 0 Å². The fourth-order valence-electron chi connectivity index (χ4n) is 2.48. The van der Waals surface area contributed by atoms with Gasteiger partial charge in [-0.25, -0.2) is 24.9 Å². The number of nitrogens with zero attached hydrogens (tertiary/aromatic N) is 6. The van der Waals surface area contributed by atoms with Gasteiger partial charge in [0.15, 0.2) is 11.0 Å². The van der Waals surface area contributed by atoms with Gasteiger partial charge in [-0.05, 0) is 19.9 Å². The standard InChI is InChI=1S/C16H16N8S/c1-9(2)24-8-21-10-6-19-14(5-11(10)24)22-13-3-4-18-15(23-13)12-7-20-16(17)25-12/h3-9H,1-2H3,(H2,17,20)(H,18,19,22,23). The molecule has 126 valence electrons. The minimum atomic E-state index is 0.322. The van der Waals surface area contributed by atoms with E-state index in [0.717, 1.165) is 15.9 Å². The molecule has 4 heterocycles. The maximum absolute atomic E-state index is 5.68. The molecule has 0 atom stereocenters. The molecule has 0 bridgehead atoms. The van der Waals surface area contributed by atoms with E-state index in [9.17, 15) is 0 Å². The molecule has 0 aliphatic heterocycles. The SMILES string of the molecule is CC(C)n1cnc2cnc(Nc3ccnc(-c4cnc(N)s4)n3)cc21. The molecule has 0 aliphatic carbocycles. The van der Waals surface area contributed by atoms with Crippen molar-refractivity contribution in [3.63, 3.8) is 0 Å². The van der Waals surface area contributed by atoms with Crippen molar-refractivity contribution in [3.05, 3.63) is 37.1 Å². The number of hydrogen-bond acceptors (Lipinski definition) is 8. The van der Waals surface area contributed by atoms with E-state index in [0.29, 0.717) is 28.6 Å². The van der Waals surface area contributed by atoms with Crippen LogP contribution < -0.4 is 11.1 Å². The first kappa shape index (κ1) is 15.5. The molecule has 25 heavy (non-hydrogen) atoms. The lowest BCUT2D eigenvalue weighted by molar-refractivity contribution is 0.617. The summed E-state index contributed by atoms with van der Waals surface area (Å²) in [6.07, 6.45) is 6.95. The first-order valence-corrected chi connectivity index (χ1v) is 8.56. The van der Waals surface area contributed by atoms with Gasteiger partial charge in [-0.3, -0.25) is 0 Å². The van der Waals surface area contributed by atoms with Gasteiger partial charge in [0.1, 0.15) is 17.2 Å². The van der Waals surface area contributed by atoms with E-state index in [1.165, 1.54) is 11.3 Å². The molecule has 0 unspecified atom stereocenters. The van der Waals surface area contributed by atoms with Gasteiger partial charge in [0.25, 0.3) is 0 Å². The zero-order valence-electron chi connectivity index (χ0n) is 13.7. The van der Waals surface area contributed by atoms with Crippen LogP contribution in [0.2, 0.25) is 0 Å². The summed E-state index contributed by atoms with van der Waals surface area (Å²) in [5.41, 5.74) is 7.57. The Morgan fingerprint density at radius 2 is 2.00 bits per heavy atom. The number of anilines is 3. The van der Waals surface area contributed by atoms with E-state index in [1.807, 2.05) is 12.4 Å². The van der Waals surface area contributed by atoms with Crippen LogP contribution in [0.25, 0.3) is 21.7 Å². The second-order valence-corrected chi connectivity index (χ2v) is 6.82. The number of nitrogens with one attached hydrogen (secondary N) is 1. The number of imidazole rings is 1. The number of aromatic nitrogens is 6. The predicted molar refractivity (Wildman–Crippen MR) is 98.7 cm³/mol. The number of nitrogens with two attached hydrogens (primary N) is 1. The lowest BCUT2D eigenvalue weighted by Crippen LogP contribution is -2.01. The molecule has 0 amide bonds. The van der Waals surface area contributed by atoms with Gasteiger partial charge < -0.3 is 15.6 Å². The Hall–Kier alpha value is -3.07. The summed E-state index contributed by atoms with van der Waals surface area (Å²) in [5, 5.41) is 3.71. The van der Waals surface area contributed by atoms with Crippen molar-refractivity contribution < 1.29 is 0 Å². The third-order valence-electron chi connectivity index (χ3n) is 3.67. The van der Waals surface area contributed by atoms with E-state index >= 15 is 0 Å². The van der Waals surface area contributed by atoms with Crippen LogP contribution in [0.5, 0.6) is 0 Å². The van der Waals surface area contributed by atoms with Crippen molar-refractivity contribution in [2.24, 2.45) is 0 Å². The van der Waals surface area contributed by atoms with Crippen LogP contribution in [0.15, 0.2) is 37.1 Å². The minimum absolute atomic E-state index is 0.322. The molecule has 9 heteroatoms. The Bertz CT molecular complexity index is 1040. The van der Waals surface area contributed by atoms with Crippen LogP contribution in [-0.4, -0.2) is 29.5 Å². The van der Waals surface area contributed by atoms with Crippen LogP contribution in [0.4, 0.5) is 16.8 Å². The van der Waals surface area contributed by atoms with Crippen molar-refractivity contribution in [2.45, 2.75) is 19.9 Å². The summed E-state index contributed by atoms with van der Waals surface area (Å²) in [6, 6.07) is 4.08. The van der Waals surface area contributed by atoms with Crippen molar-refractivity contribution in [2.75, 3.05) is 11.1 Å². The average Bonchev–Trinajstić information content (AvgIpc) is 3.21. The van der Waals surface area contributed by atoms with Crippen molar-refractivity contribution >= 4 is 39.1 Å². The van der Waals surface area contributed by atoms with Gasteiger partial charge in [0, 0.05) is 18.3 Å². The zero-order valence-corrected chi connectivity index (χ0v) is 14.5. The number of hydrogen-bond donors (Lipinski definition) is 2. The van der Waals surface area contributed by atoms with E-state index in [1.54, 1.807) is 24.7 Å². The second kappa shape index (κ2) is 6.10. The van der Waals surface area contributed by atoms with Gasteiger partial charge in [0.2, 0.25) is 0 Å². The lowest BCUT2D eigenvalue weighted by atomic mass is 10.3. The van der Waals surface area contributed by atoms with Crippen molar-refractivity contribution in [3.8, 4) is 10.7 Å². The zero-order chi connectivity index (χ0) is 17.4. The Morgan fingerprint density at radius 3 is 2.76 bits per heavy atom. The molecule has 0 radical (unpaired) electrons. The van der Waals surface area contributed by atoms with Gasteiger partial charge in [0.05, 0.1) is 29.1 Å². The Labute approximate surface area is 147 Å². The average molecular weight is 352 g/mol. The molecule has 0 spiro atoms. The smallest absolute Gasteiger partial charge is 0.180 e. The second-order valence-electron chi connectivity index (χ2n) is 5.76. The van der Waals surface area contributed by atoms with Crippen LogP contribution in [0.3, 0.4) is 0 Å². The first-order valence-electron chi connectivity index (χ1n) is 7.74. The molecule has 4 rings (SSSR count). The topological polar surface area (TPSA) is 107 Å². The highest BCUT2D eigenvalue weighted by molar-refractivity contribution is 7.18. The van der Waals surface area contributed by atoms with E-state index in [-0.39, 0.29) is 0 Å². The fraction of sp³-hybridized carbons (Fsp3) is 0.188. The molecule has 8 nitrogen and oxygen atoms in total. The molecule has 0 saturated heterocycles. The minimum Gasteiger partial charge on any atom is -0.375 e. The summed E-state index contributed by atoms with van der Waals surface area (Å²) in [6.45, 7) is 4.23. The molecule has 4 aromatic heterocycles. The molecule has 0 fully saturated rings. The lowest BCUT2D eigenvalue weighted by Gasteiger charge is -2.09. The third kappa shape index (κ3) is 3.01. The first-order chi connectivity index (χ1) is 12.1. The summed E-state index contributed by atoms with van der Waals surface area (Å²) < 4.78 is 2.10. The molecule has 4 aromatic rings. The van der Waals surface area contributed by atoms with E-state index < -0.39 is 0 Å². The number of fused-ring (bicyclic) bond motifs is 1. The van der Waals surface area contributed by atoms with Crippen molar-refractivity contribution in [1.82, 2.24) is 29.5 Å². The molecule has 0 aliphatic rings. The van der Waals surface area contributed by atoms with Gasteiger partial charge in [-0.2, -0.15) is 0 Å². The highest BCUT2D eigenvalue weighted by atomic mass is 32.1. The summed E-state index contributed by atoms with van der Waals surface area (Å²) in [7, 11) is 0. The fourth-order valence-corrected chi connectivity index (χ4v) is 3.11. The van der Waals surface area contributed by atoms with Crippen LogP contribution in [0.1, 0.15) is 19.9 Å². The maximum atomic E-state index is 5.68.